The van der Waals surface area contributed by atoms with Gasteiger partial charge in [0.05, 0.1) is 0 Å². The van der Waals surface area contributed by atoms with Crippen LogP contribution in [0.2, 0.25) is 0 Å². The van der Waals surface area contributed by atoms with Gasteiger partial charge in [-0.1, -0.05) is 10.3 Å². The number of carbonyl (C=O) groups excluding carboxylic acids is 2. The van der Waals surface area contributed by atoms with Gasteiger partial charge in [0.1, 0.15) is 12.5 Å². The predicted octanol–water partition coefficient (Wildman–Crippen LogP) is 0.660. The van der Waals surface area contributed by atoms with Crippen LogP contribution in [0.25, 0.3) is 0 Å². The molecule has 0 fully saturated rings. The van der Waals surface area contributed by atoms with Crippen LogP contribution in [-0.2, 0) is 4.74 Å². The number of aromatic nitrogens is 2. The van der Waals surface area contributed by atoms with E-state index in [1.165, 1.54) is 24.7 Å². The highest BCUT2D eigenvalue weighted by atomic mass is 16.6. The van der Waals surface area contributed by atoms with Gasteiger partial charge in [-0.3, -0.25) is 0 Å². The summed E-state index contributed by atoms with van der Waals surface area (Å²) in [6.45, 7) is 0. The van der Waals surface area contributed by atoms with Crippen LogP contribution in [0.1, 0.15) is 21.0 Å². The van der Waals surface area contributed by atoms with Gasteiger partial charge < -0.3 is 13.8 Å². The highest BCUT2D eigenvalue weighted by Crippen LogP contribution is 2.02. The molecule has 0 bridgehead atoms. The van der Waals surface area contributed by atoms with E-state index >= 15 is 0 Å². The van der Waals surface area contributed by atoms with Crippen LogP contribution in [-0.4, -0.2) is 22.3 Å². The molecule has 0 N–H and O–H groups in total. The average Bonchev–Trinajstić information content (AvgIpc) is 2.91. The summed E-state index contributed by atoms with van der Waals surface area (Å²) in [6.07, 6.45) is 2.38. The number of hydrogen-bond acceptors (Lipinski definition) is 7. The van der Waals surface area contributed by atoms with Crippen LogP contribution in [0, 0.1) is 0 Å². The minimum absolute atomic E-state index is 0.0909. The average molecular weight is 208 g/mol. The first-order chi connectivity index (χ1) is 7.27. The maximum absolute atomic E-state index is 11.2. The van der Waals surface area contributed by atoms with Crippen LogP contribution in [0.4, 0.5) is 0 Å². The quantitative estimate of drug-likeness (QED) is 0.528. The maximum Gasteiger partial charge on any atom is 0.368 e. The molecule has 0 aliphatic carbocycles. The number of rotatable bonds is 2. The number of carbonyl (C=O) groups is 2. The molecule has 0 amide bonds. The normalized spacial score (nSPS) is 9.87. The summed E-state index contributed by atoms with van der Waals surface area (Å²) in [5.74, 6) is -1.81. The summed E-state index contributed by atoms with van der Waals surface area (Å²) in [5.41, 5.74) is -0.182. The first-order valence-electron chi connectivity index (χ1n) is 3.84. The van der Waals surface area contributed by atoms with E-state index in [1.807, 2.05) is 0 Å². The number of hydrogen-bond donors (Lipinski definition) is 0. The molecule has 2 heterocycles. The minimum Gasteiger partial charge on any atom is -0.383 e. The van der Waals surface area contributed by atoms with Crippen molar-refractivity contribution in [2.45, 2.75) is 0 Å². The molecule has 0 radical (unpaired) electrons. The van der Waals surface area contributed by atoms with Crippen LogP contribution in [0.5, 0.6) is 0 Å². The standard InChI is InChI=1S/C8H4N2O5/c11-7(5-1-3-13-9-5)15-8(12)6-2-4-14-10-6/h1-4H. The third-order valence-corrected chi connectivity index (χ3v) is 1.48. The first-order valence-corrected chi connectivity index (χ1v) is 3.84. The summed E-state index contributed by atoms with van der Waals surface area (Å²) in [6, 6.07) is 2.55. The second-order valence-corrected chi connectivity index (χ2v) is 2.45. The Kier molecular flexibility index (Phi) is 2.28. The molecule has 0 saturated carbocycles. The topological polar surface area (TPSA) is 95.4 Å². The van der Waals surface area contributed by atoms with Crippen molar-refractivity contribution in [1.82, 2.24) is 10.3 Å². The lowest BCUT2D eigenvalue weighted by atomic mass is 10.4. The Bertz CT molecular complexity index is 415. The lowest BCUT2D eigenvalue weighted by molar-refractivity contribution is 0.0384. The van der Waals surface area contributed by atoms with Gasteiger partial charge in [0.25, 0.3) is 0 Å². The van der Waals surface area contributed by atoms with E-state index in [4.69, 9.17) is 0 Å². The van der Waals surface area contributed by atoms with E-state index in [0.29, 0.717) is 0 Å². The summed E-state index contributed by atoms with van der Waals surface area (Å²) in [4.78, 5) is 22.4. The van der Waals surface area contributed by atoms with Crippen molar-refractivity contribution < 1.29 is 23.4 Å². The van der Waals surface area contributed by atoms with Gasteiger partial charge in [0.2, 0.25) is 0 Å². The van der Waals surface area contributed by atoms with Crippen molar-refractivity contribution >= 4 is 11.9 Å². The minimum atomic E-state index is -0.906. The maximum atomic E-state index is 11.2. The Morgan fingerprint density at radius 1 is 1.00 bits per heavy atom. The second-order valence-electron chi connectivity index (χ2n) is 2.45. The van der Waals surface area contributed by atoms with Gasteiger partial charge in [-0.2, -0.15) is 0 Å². The molecule has 0 spiro atoms. The van der Waals surface area contributed by atoms with Crippen molar-refractivity contribution in [3.63, 3.8) is 0 Å². The molecule has 2 aromatic rings. The van der Waals surface area contributed by atoms with E-state index in [9.17, 15) is 9.59 Å². The zero-order chi connectivity index (χ0) is 10.7. The Balaban J connectivity index is 2.04. The zero-order valence-electron chi connectivity index (χ0n) is 7.25. The van der Waals surface area contributed by atoms with Crippen LogP contribution in [0.3, 0.4) is 0 Å². The van der Waals surface area contributed by atoms with Crippen molar-refractivity contribution in [3.8, 4) is 0 Å². The Morgan fingerprint density at radius 3 is 1.80 bits per heavy atom. The van der Waals surface area contributed by atoms with Crippen molar-refractivity contribution in [2.24, 2.45) is 0 Å². The second kappa shape index (κ2) is 3.74. The van der Waals surface area contributed by atoms with Crippen LogP contribution >= 0.6 is 0 Å². The summed E-state index contributed by atoms with van der Waals surface area (Å²) >= 11 is 0. The van der Waals surface area contributed by atoms with Crippen molar-refractivity contribution in [1.29, 1.82) is 0 Å². The van der Waals surface area contributed by atoms with E-state index in [-0.39, 0.29) is 11.4 Å². The lowest BCUT2D eigenvalue weighted by Gasteiger charge is -1.95. The summed E-state index contributed by atoms with van der Waals surface area (Å²) in [5, 5.41) is 6.61. The van der Waals surface area contributed by atoms with Gasteiger partial charge in [-0.05, 0) is 0 Å². The highest BCUT2D eigenvalue weighted by Gasteiger charge is 2.18. The molecule has 2 rings (SSSR count). The SMILES string of the molecule is O=C(OC(=O)c1ccon1)c1ccon1. The molecule has 0 unspecified atom stereocenters. The van der Waals surface area contributed by atoms with E-state index in [0.717, 1.165) is 0 Å². The molecule has 0 aromatic carbocycles. The molecule has 0 aliphatic rings. The van der Waals surface area contributed by atoms with Gasteiger partial charge in [-0.25, -0.2) is 9.59 Å². The molecule has 0 atom stereocenters. The number of ether oxygens (including phenoxy) is 1. The van der Waals surface area contributed by atoms with Gasteiger partial charge in [0.15, 0.2) is 11.4 Å². The Morgan fingerprint density at radius 2 is 1.47 bits per heavy atom. The fourth-order valence-electron chi connectivity index (χ4n) is 0.824. The molecule has 0 saturated heterocycles. The van der Waals surface area contributed by atoms with Gasteiger partial charge in [0, 0.05) is 12.1 Å². The third kappa shape index (κ3) is 1.90. The third-order valence-electron chi connectivity index (χ3n) is 1.48. The number of nitrogens with zero attached hydrogens (tertiary/aromatic N) is 2. The lowest BCUT2D eigenvalue weighted by Crippen LogP contribution is -2.13. The molecule has 0 aliphatic heterocycles. The zero-order valence-corrected chi connectivity index (χ0v) is 7.25. The first kappa shape index (κ1) is 9.13. The monoisotopic (exact) mass is 208 g/mol. The molecule has 7 heteroatoms. The fraction of sp³-hybridized carbons (Fsp3) is 0. The molecular weight excluding hydrogens is 204 g/mol. The van der Waals surface area contributed by atoms with E-state index in [1.54, 1.807) is 0 Å². The Hall–Kier alpha value is -2.44. The smallest absolute Gasteiger partial charge is 0.368 e. The molecule has 15 heavy (non-hydrogen) atoms. The highest BCUT2D eigenvalue weighted by molar-refractivity contribution is 6.00. The largest absolute Gasteiger partial charge is 0.383 e. The van der Waals surface area contributed by atoms with E-state index in [2.05, 4.69) is 24.1 Å². The van der Waals surface area contributed by atoms with Crippen LogP contribution < -0.4 is 0 Å². The summed E-state index contributed by atoms with van der Waals surface area (Å²) in [7, 11) is 0. The molecule has 7 nitrogen and oxygen atoms in total. The van der Waals surface area contributed by atoms with Crippen molar-refractivity contribution in [2.75, 3.05) is 0 Å². The van der Waals surface area contributed by atoms with Crippen molar-refractivity contribution in [3.05, 3.63) is 36.0 Å². The summed E-state index contributed by atoms with van der Waals surface area (Å²) < 4.78 is 13.2. The van der Waals surface area contributed by atoms with Gasteiger partial charge in [-0.15, -0.1) is 0 Å². The molecular formula is C8H4N2O5. The van der Waals surface area contributed by atoms with E-state index < -0.39 is 11.9 Å². The number of esters is 2. The molecule has 2 aromatic heterocycles. The Labute approximate surface area is 82.6 Å². The van der Waals surface area contributed by atoms with Gasteiger partial charge >= 0.3 is 11.9 Å². The molecule has 76 valence electrons. The van der Waals surface area contributed by atoms with Crippen LogP contribution in [0.15, 0.2) is 33.7 Å². The predicted molar refractivity (Wildman–Crippen MR) is 42.8 cm³/mol. The fourth-order valence-corrected chi connectivity index (χ4v) is 0.824.